The summed E-state index contributed by atoms with van der Waals surface area (Å²) in [7, 11) is 0. The Bertz CT molecular complexity index is 445. The number of nitrogens with zero attached hydrogens (tertiary/aromatic N) is 1. The Balaban J connectivity index is 2.45. The van der Waals surface area contributed by atoms with Crippen LogP contribution in [0, 0.1) is 14.8 Å². The van der Waals surface area contributed by atoms with Crippen LogP contribution in [-0.2, 0) is 4.84 Å². The van der Waals surface area contributed by atoms with Gasteiger partial charge in [-0.3, -0.25) is 4.79 Å². The second-order valence-corrected chi connectivity index (χ2v) is 3.13. The maximum Gasteiger partial charge on any atom is 0.294 e. The molecule has 8 heteroatoms. The van der Waals surface area contributed by atoms with Gasteiger partial charge in [0.1, 0.15) is 11.2 Å². The van der Waals surface area contributed by atoms with Gasteiger partial charge in [0, 0.05) is 12.7 Å². The first-order valence-electron chi connectivity index (χ1n) is 4.34. The second kappa shape index (κ2) is 5.81. The fraction of sp³-hybridized carbons (Fsp3) is 0.250. The lowest BCUT2D eigenvalue weighted by Crippen LogP contribution is -2.28. The molecule has 0 aliphatic rings. The van der Waals surface area contributed by atoms with Crippen LogP contribution in [0.1, 0.15) is 10.4 Å². The van der Waals surface area contributed by atoms with Crippen molar-refractivity contribution >= 4 is 18.1 Å². The van der Waals surface area contributed by atoms with Crippen LogP contribution < -0.4 is 5.32 Å². The maximum atomic E-state index is 11.5. The molecule has 0 bridgehead atoms. The van der Waals surface area contributed by atoms with Crippen molar-refractivity contribution in [2.75, 3.05) is 13.2 Å². The topological polar surface area (TPSA) is 97.3 Å². The number of hydrogen-bond acceptors (Lipinski definition) is 5. The number of aromatic amines is 1. The minimum absolute atomic E-state index is 0.0451. The van der Waals surface area contributed by atoms with E-state index in [0.717, 1.165) is 0 Å². The van der Waals surface area contributed by atoms with Crippen molar-refractivity contribution in [2.24, 2.45) is 0 Å². The molecule has 1 heterocycles. The molecule has 1 aromatic rings. The molecular weight excluding hydrogens is 234 g/mol. The Kier molecular flexibility index (Phi) is 4.40. The van der Waals surface area contributed by atoms with Crippen molar-refractivity contribution in [2.45, 2.75) is 0 Å². The molecule has 16 heavy (non-hydrogen) atoms. The third kappa shape index (κ3) is 3.65. The lowest BCUT2D eigenvalue weighted by molar-refractivity contribution is -0.757. The highest BCUT2D eigenvalue weighted by Crippen LogP contribution is 1.98. The highest BCUT2D eigenvalue weighted by atomic mass is 32.1. The number of H-pyrrole nitrogens is 1. The third-order valence-electron chi connectivity index (χ3n) is 1.65. The van der Waals surface area contributed by atoms with Crippen LogP contribution in [0.2, 0.25) is 0 Å². The predicted octanol–water partition coefficient (Wildman–Crippen LogP) is 0.682. The Morgan fingerprint density at radius 3 is 3.06 bits per heavy atom. The molecule has 0 atom stereocenters. The molecule has 1 rings (SSSR count). The third-order valence-corrected chi connectivity index (χ3v) is 1.98. The molecular formula is C8H9N3O4S. The highest BCUT2D eigenvalue weighted by Gasteiger charge is 2.06. The molecule has 1 amide bonds. The van der Waals surface area contributed by atoms with Gasteiger partial charge >= 0.3 is 0 Å². The zero-order valence-corrected chi connectivity index (χ0v) is 8.95. The summed E-state index contributed by atoms with van der Waals surface area (Å²) in [5, 5.41) is 11.3. The summed E-state index contributed by atoms with van der Waals surface area (Å²) < 4.78 is 0.315. The zero-order valence-electron chi connectivity index (χ0n) is 8.13. The van der Waals surface area contributed by atoms with Gasteiger partial charge < -0.3 is 15.1 Å². The van der Waals surface area contributed by atoms with Gasteiger partial charge in [-0.05, 0) is 12.1 Å². The Hall–Kier alpha value is -1.96. The molecule has 0 radical (unpaired) electrons. The van der Waals surface area contributed by atoms with E-state index in [1.807, 2.05) is 0 Å². The van der Waals surface area contributed by atoms with Crippen LogP contribution in [0.15, 0.2) is 18.3 Å². The smallest absolute Gasteiger partial charge is 0.294 e. The number of aromatic nitrogens is 1. The maximum absolute atomic E-state index is 11.5. The summed E-state index contributed by atoms with van der Waals surface area (Å²) >= 11 is 4.89. The molecule has 1 aromatic heterocycles. The average Bonchev–Trinajstić information content (AvgIpc) is 2.24. The van der Waals surface area contributed by atoms with Crippen LogP contribution in [0.5, 0.6) is 0 Å². The molecule has 0 aliphatic carbocycles. The number of nitrogens with one attached hydrogen (secondary N) is 2. The van der Waals surface area contributed by atoms with Gasteiger partial charge in [0.2, 0.25) is 0 Å². The van der Waals surface area contributed by atoms with Gasteiger partial charge in [-0.25, -0.2) is 0 Å². The van der Waals surface area contributed by atoms with E-state index in [9.17, 15) is 14.9 Å². The fourth-order valence-electron chi connectivity index (χ4n) is 0.980. The van der Waals surface area contributed by atoms with Crippen molar-refractivity contribution in [3.63, 3.8) is 0 Å². The van der Waals surface area contributed by atoms with Gasteiger partial charge in [-0.1, -0.05) is 12.2 Å². The summed E-state index contributed by atoms with van der Waals surface area (Å²) in [6, 6.07) is 3.20. The first-order valence-corrected chi connectivity index (χ1v) is 4.75. The van der Waals surface area contributed by atoms with E-state index in [-0.39, 0.29) is 13.2 Å². The first kappa shape index (κ1) is 12.1. The van der Waals surface area contributed by atoms with Crippen molar-refractivity contribution in [3.8, 4) is 0 Å². The number of rotatable bonds is 5. The van der Waals surface area contributed by atoms with Crippen LogP contribution in [0.25, 0.3) is 0 Å². The van der Waals surface area contributed by atoms with Crippen molar-refractivity contribution in [3.05, 3.63) is 38.6 Å². The summed E-state index contributed by atoms with van der Waals surface area (Å²) in [5.74, 6) is -0.395. The van der Waals surface area contributed by atoms with Gasteiger partial charge in [-0.2, -0.15) is 0 Å². The molecule has 0 fully saturated rings. The molecule has 0 unspecified atom stereocenters. The molecule has 0 saturated heterocycles. The van der Waals surface area contributed by atoms with E-state index in [0.29, 0.717) is 10.2 Å². The molecule has 0 aromatic carbocycles. The second-order valence-electron chi connectivity index (χ2n) is 2.73. The first-order chi connectivity index (χ1) is 7.61. The number of carbonyl (C=O) groups is 1. The predicted molar refractivity (Wildman–Crippen MR) is 56.9 cm³/mol. The largest absolute Gasteiger partial charge is 0.352 e. The van der Waals surface area contributed by atoms with E-state index in [4.69, 9.17) is 12.2 Å². The molecule has 0 saturated carbocycles. The van der Waals surface area contributed by atoms with E-state index < -0.39 is 11.0 Å². The summed E-state index contributed by atoms with van der Waals surface area (Å²) in [6.45, 7) is -0.147. The Morgan fingerprint density at radius 1 is 1.69 bits per heavy atom. The van der Waals surface area contributed by atoms with Gasteiger partial charge in [0.25, 0.3) is 11.0 Å². The summed E-state index contributed by atoms with van der Waals surface area (Å²) in [6.07, 6.45) is 1.61. The number of amides is 1. The normalized spacial score (nSPS) is 9.50. The number of pyridine rings is 1. The van der Waals surface area contributed by atoms with E-state index in [1.165, 1.54) is 0 Å². The zero-order chi connectivity index (χ0) is 12.0. The molecule has 0 aliphatic heterocycles. The highest BCUT2D eigenvalue weighted by molar-refractivity contribution is 7.71. The summed E-state index contributed by atoms with van der Waals surface area (Å²) in [4.78, 5) is 28.0. The standard InChI is InChI=1S/C8H9N3O4S/c12-7(9-4-5-15-11(13)14)6-2-1-3-10-8(6)16/h1-3H,4-5H2,(H,9,12)(H,10,16). The van der Waals surface area contributed by atoms with Crippen LogP contribution in [0.3, 0.4) is 0 Å². The Morgan fingerprint density at radius 2 is 2.44 bits per heavy atom. The number of carbonyl (C=O) groups excluding carboxylic acids is 1. The van der Waals surface area contributed by atoms with Gasteiger partial charge in [0.05, 0.1) is 5.56 Å². The van der Waals surface area contributed by atoms with Crippen molar-refractivity contribution < 1.29 is 14.7 Å². The lowest BCUT2D eigenvalue weighted by Gasteiger charge is -2.03. The van der Waals surface area contributed by atoms with E-state index in [1.54, 1.807) is 18.3 Å². The quantitative estimate of drug-likeness (QED) is 0.343. The number of hydrogen-bond donors (Lipinski definition) is 2. The average molecular weight is 243 g/mol. The van der Waals surface area contributed by atoms with Gasteiger partial charge in [-0.15, -0.1) is 10.1 Å². The monoisotopic (exact) mass is 243 g/mol. The van der Waals surface area contributed by atoms with Crippen LogP contribution in [0.4, 0.5) is 0 Å². The van der Waals surface area contributed by atoms with Gasteiger partial charge in [0.15, 0.2) is 0 Å². The van der Waals surface area contributed by atoms with Crippen LogP contribution in [-0.4, -0.2) is 29.1 Å². The minimum Gasteiger partial charge on any atom is -0.352 e. The molecule has 0 spiro atoms. The van der Waals surface area contributed by atoms with Crippen molar-refractivity contribution in [1.29, 1.82) is 0 Å². The van der Waals surface area contributed by atoms with E-state index >= 15 is 0 Å². The summed E-state index contributed by atoms with van der Waals surface area (Å²) in [5.41, 5.74) is 0.318. The SMILES string of the molecule is O=C(NCCO[N+](=O)[O-])c1ccc[nH]c1=S. The molecule has 7 nitrogen and oxygen atoms in total. The minimum atomic E-state index is -0.916. The Labute approximate surface area is 95.5 Å². The fourth-order valence-corrected chi connectivity index (χ4v) is 1.21. The van der Waals surface area contributed by atoms with E-state index in [2.05, 4.69) is 15.1 Å². The lowest BCUT2D eigenvalue weighted by atomic mass is 10.3. The van der Waals surface area contributed by atoms with Crippen molar-refractivity contribution in [1.82, 2.24) is 10.3 Å². The molecule has 2 N–H and O–H groups in total. The molecule has 86 valence electrons. The van der Waals surface area contributed by atoms with Crippen LogP contribution >= 0.6 is 12.2 Å².